The molecule has 0 amide bonds. The minimum Gasteiger partial charge on any atom is -0.321 e. The van der Waals surface area contributed by atoms with Crippen molar-refractivity contribution >= 4 is 50.3 Å². The van der Waals surface area contributed by atoms with Gasteiger partial charge in [-0.25, -0.2) is 0 Å². The second-order valence-electron chi connectivity index (χ2n) is 3.40. The van der Waals surface area contributed by atoms with Crippen LogP contribution in [0.2, 0.25) is 5.02 Å². The fourth-order valence-electron chi connectivity index (χ4n) is 1.28. The molecule has 0 saturated heterocycles. The number of halogens is 1. The van der Waals surface area contributed by atoms with Crippen LogP contribution in [0.3, 0.4) is 0 Å². The van der Waals surface area contributed by atoms with E-state index in [0.717, 1.165) is 0 Å². The summed E-state index contributed by atoms with van der Waals surface area (Å²) >= 11 is 5.46. The summed E-state index contributed by atoms with van der Waals surface area (Å²) in [6.45, 7) is 0. The van der Waals surface area contributed by atoms with Crippen LogP contribution >= 0.6 is 34.4 Å². The minimum absolute atomic E-state index is 0.523. The number of rotatable bonds is 3. The van der Waals surface area contributed by atoms with Crippen LogP contribution in [-0.4, -0.2) is 29.4 Å². The monoisotopic (exact) mass is 352 g/mol. The van der Waals surface area contributed by atoms with Crippen molar-refractivity contribution in [3.8, 4) is 0 Å². The lowest BCUT2D eigenvalue weighted by Crippen LogP contribution is -2.30. The molecule has 0 bridgehead atoms. The molecule has 6 N–H and O–H groups in total. The van der Waals surface area contributed by atoms with E-state index < -0.39 is 43.7 Å². The molecule has 9 nitrogen and oxygen atoms in total. The van der Waals surface area contributed by atoms with E-state index in [0.29, 0.717) is 12.1 Å². The zero-order chi connectivity index (χ0) is 15.2. The van der Waals surface area contributed by atoms with E-state index in [1.54, 1.807) is 0 Å². The summed E-state index contributed by atoms with van der Waals surface area (Å²) in [6, 6.07) is 1.13. The van der Waals surface area contributed by atoms with Gasteiger partial charge >= 0.3 is 22.8 Å². The predicted molar refractivity (Wildman–Crippen MR) is 66.5 cm³/mol. The molecular weight excluding hydrogens is 344 g/mol. The lowest BCUT2D eigenvalue weighted by Gasteiger charge is -2.16. The fraction of sp³-hybridized carbons (Fsp3) is 0. The molecule has 0 radical (unpaired) electrons. The first kappa shape index (κ1) is 17.0. The summed E-state index contributed by atoms with van der Waals surface area (Å²) in [7, 11) is -15.3. The molecule has 0 heterocycles. The van der Waals surface area contributed by atoms with Gasteiger partial charge in [0, 0.05) is 0 Å². The average molecular weight is 352 g/mol. The van der Waals surface area contributed by atoms with Gasteiger partial charge in [-0.1, -0.05) is 11.6 Å². The molecule has 0 saturated carbocycles. The summed E-state index contributed by atoms with van der Waals surface area (Å²) in [5.74, 6) is 0. The molecule has 0 fully saturated rings. The normalized spacial score (nSPS) is 13.6. The highest BCUT2D eigenvalue weighted by atomic mass is 35.5. The third-order valence-corrected chi connectivity index (χ3v) is 5.87. The van der Waals surface area contributed by atoms with Gasteiger partial charge in [0.05, 0.1) is 20.9 Å². The van der Waals surface area contributed by atoms with Gasteiger partial charge < -0.3 is 29.4 Å². The molecule has 19 heavy (non-hydrogen) atoms. The molecule has 0 atom stereocenters. The molecule has 0 aliphatic carbocycles. The van der Waals surface area contributed by atoms with Crippen molar-refractivity contribution in [1.29, 1.82) is 0 Å². The molecule has 108 valence electrons. The van der Waals surface area contributed by atoms with Crippen LogP contribution in [-0.2, 0) is 13.7 Å². The van der Waals surface area contributed by atoms with Gasteiger partial charge in [-0.2, -0.15) is 0 Å². The van der Waals surface area contributed by atoms with Gasteiger partial charge in [-0.05, 0) is 12.1 Å². The molecule has 0 spiro atoms. The molecule has 0 aliphatic rings. The van der Waals surface area contributed by atoms with Gasteiger partial charge in [0.15, 0.2) is 0 Å². The molecule has 1 rings (SSSR count). The van der Waals surface area contributed by atoms with E-state index in [1.807, 2.05) is 0 Å². The lowest BCUT2D eigenvalue weighted by molar-refractivity contribution is 0.381. The number of benzene rings is 1. The van der Waals surface area contributed by atoms with Crippen LogP contribution in [0.25, 0.3) is 0 Å². The smallest absolute Gasteiger partial charge is 0.321 e. The summed E-state index contributed by atoms with van der Waals surface area (Å²) in [5, 5.41) is -4.36. The Morgan fingerprint density at radius 1 is 0.737 bits per heavy atom. The van der Waals surface area contributed by atoms with E-state index in [2.05, 4.69) is 0 Å². The predicted octanol–water partition coefficient (Wildman–Crippen LogP) is -1.25. The summed E-state index contributed by atoms with van der Waals surface area (Å²) in [6.07, 6.45) is 0. The first-order chi connectivity index (χ1) is 8.26. The summed E-state index contributed by atoms with van der Waals surface area (Å²) < 4.78 is 33.4. The maximum atomic E-state index is 11.2. The van der Waals surface area contributed by atoms with Crippen molar-refractivity contribution < 1.29 is 43.1 Å². The topological polar surface area (TPSA) is 173 Å². The fourth-order valence-corrected chi connectivity index (χ4v) is 5.08. The highest BCUT2D eigenvalue weighted by Crippen LogP contribution is 2.44. The van der Waals surface area contributed by atoms with Crippen LogP contribution in [0.1, 0.15) is 0 Å². The lowest BCUT2D eigenvalue weighted by atomic mass is 10.3. The molecule has 0 unspecified atom stereocenters. The zero-order valence-corrected chi connectivity index (χ0v) is 12.2. The van der Waals surface area contributed by atoms with Gasteiger partial charge in [-0.15, -0.1) is 0 Å². The Morgan fingerprint density at radius 2 is 1.11 bits per heavy atom. The maximum Gasteiger partial charge on any atom is 0.358 e. The minimum atomic E-state index is -5.25. The highest BCUT2D eigenvalue weighted by molar-refractivity contribution is 7.67. The first-order valence-electron chi connectivity index (χ1n) is 4.27. The number of hydrogen-bond donors (Lipinski definition) is 6. The van der Waals surface area contributed by atoms with Crippen LogP contribution in [0.4, 0.5) is 0 Å². The van der Waals surface area contributed by atoms with Gasteiger partial charge in [0.1, 0.15) is 0 Å². The van der Waals surface area contributed by atoms with E-state index in [1.165, 1.54) is 0 Å². The quantitative estimate of drug-likeness (QED) is 0.363. The van der Waals surface area contributed by atoms with Gasteiger partial charge in [0.25, 0.3) is 0 Å². The Labute approximate surface area is 111 Å². The van der Waals surface area contributed by atoms with Gasteiger partial charge in [-0.3, -0.25) is 13.7 Å². The molecular formula is C6H8ClO9P3. The number of hydrogen-bond acceptors (Lipinski definition) is 3. The van der Waals surface area contributed by atoms with E-state index in [4.69, 9.17) is 41.0 Å². The van der Waals surface area contributed by atoms with E-state index in [-0.39, 0.29) is 0 Å². The van der Waals surface area contributed by atoms with Gasteiger partial charge in [0.2, 0.25) is 0 Å². The Balaban J connectivity index is 3.86. The second kappa shape index (κ2) is 5.06. The largest absolute Gasteiger partial charge is 0.358 e. The Hall–Kier alpha value is -0.0400. The zero-order valence-electron chi connectivity index (χ0n) is 8.78. The highest BCUT2D eigenvalue weighted by Gasteiger charge is 2.37. The molecule has 13 heteroatoms. The van der Waals surface area contributed by atoms with Crippen molar-refractivity contribution in [3.63, 3.8) is 0 Å². The van der Waals surface area contributed by atoms with Crippen LogP contribution in [0.5, 0.6) is 0 Å². The third kappa shape index (κ3) is 3.74. The Kier molecular flexibility index (Phi) is 4.53. The van der Waals surface area contributed by atoms with Crippen LogP contribution < -0.4 is 15.9 Å². The second-order valence-corrected chi connectivity index (χ2v) is 8.45. The third-order valence-electron chi connectivity index (χ3n) is 1.99. The van der Waals surface area contributed by atoms with E-state index >= 15 is 0 Å². The molecule has 0 aromatic heterocycles. The standard InChI is InChI=1S/C6H8ClO9P3/c7-5-3(17(8,9)10)1-2-4(18(11,12)13)6(5)19(14,15)16/h1-2H,(H2,8,9,10)(H2,11,12,13)(H2,14,15,16). The average Bonchev–Trinajstić information content (AvgIpc) is 2.11. The summed E-state index contributed by atoms with van der Waals surface area (Å²) in [5.41, 5.74) is 0. The molecule has 1 aromatic carbocycles. The van der Waals surface area contributed by atoms with Crippen molar-refractivity contribution in [1.82, 2.24) is 0 Å². The Morgan fingerprint density at radius 3 is 1.42 bits per heavy atom. The SMILES string of the molecule is O=P(O)(O)c1ccc(P(=O)(O)O)c(P(=O)(O)O)c1Cl. The van der Waals surface area contributed by atoms with Crippen molar-refractivity contribution in [2.45, 2.75) is 0 Å². The first-order valence-corrected chi connectivity index (χ1v) is 9.48. The maximum absolute atomic E-state index is 11.2. The van der Waals surface area contributed by atoms with Crippen molar-refractivity contribution in [2.24, 2.45) is 0 Å². The van der Waals surface area contributed by atoms with Crippen molar-refractivity contribution in [2.75, 3.05) is 0 Å². The van der Waals surface area contributed by atoms with Crippen LogP contribution in [0, 0.1) is 0 Å². The Bertz CT molecular complexity index is 652. The summed E-state index contributed by atoms with van der Waals surface area (Å²) in [4.78, 5) is 53.9. The van der Waals surface area contributed by atoms with E-state index in [9.17, 15) is 13.7 Å². The van der Waals surface area contributed by atoms with Crippen molar-refractivity contribution in [3.05, 3.63) is 17.2 Å². The molecule has 1 aromatic rings. The molecule has 0 aliphatic heterocycles. The van der Waals surface area contributed by atoms with Crippen LogP contribution in [0.15, 0.2) is 12.1 Å².